The number of imide groups is 1. The fourth-order valence-electron chi connectivity index (χ4n) is 4.02. The van der Waals surface area contributed by atoms with Crippen LogP contribution in [0.5, 0.6) is 5.75 Å². The third kappa shape index (κ3) is 3.53. The molecular weight excluding hydrogens is 364 g/mol. The summed E-state index contributed by atoms with van der Waals surface area (Å²) in [6.45, 7) is 7.46. The van der Waals surface area contributed by atoms with Gasteiger partial charge in [0.15, 0.2) is 0 Å². The molecule has 0 atom stereocenters. The number of aryl methyl sites for hydroxylation is 1. The second-order valence-corrected chi connectivity index (χ2v) is 7.84. The van der Waals surface area contributed by atoms with Crippen molar-refractivity contribution in [2.24, 2.45) is 0 Å². The maximum Gasteiger partial charge on any atom is 0.282 e. The molecule has 0 N–H and O–H groups in total. The van der Waals surface area contributed by atoms with Crippen LogP contribution in [0.4, 0.5) is 5.69 Å². The fourth-order valence-corrected chi connectivity index (χ4v) is 4.02. The second-order valence-electron chi connectivity index (χ2n) is 7.84. The van der Waals surface area contributed by atoms with Crippen molar-refractivity contribution < 1.29 is 14.3 Å². The van der Waals surface area contributed by atoms with Gasteiger partial charge in [-0.2, -0.15) is 0 Å². The van der Waals surface area contributed by atoms with Gasteiger partial charge in [-0.1, -0.05) is 30.3 Å². The van der Waals surface area contributed by atoms with Gasteiger partial charge in [0.25, 0.3) is 11.8 Å². The van der Waals surface area contributed by atoms with Crippen molar-refractivity contribution >= 4 is 23.1 Å². The van der Waals surface area contributed by atoms with E-state index in [4.69, 9.17) is 4.74 Å². The number of likely N-dealkylation sites (tertiary alicyclic amines) is 1. The predicted molar refractivity (Wildman–Crippen MR) is 114 cm³/mol. The first-order valence-electron chi connectivity index (χ1n) is 10.2. The fraction of sp³-hybridized carbons (Fsp3) is 0.333. The van der Waals surface area contributed by atoms with Crippen molar-refractivity contribution in [3.8, 4) is 5.75 Å². The summed E-state index contributed by atoms with van der Waals surface area (Å²) in [4.78, 5) is 30.3. The van der Waals surface area contributed by atoms with E-state index >= 15 is 0 Å². The Kier molecular flexibility index (Phi) is 5.14. The van der Waals surface area contributed by atoms with Crippen LogP contribution in [0.3, 0.4) is 0 Å². The zero-order chi connectivity index (χ0) is 20.5. The Morgan fingerprint density at radius 3 is 2.17 bits per heavy atom. The zero-order valence-corrected chi connectivity index (χ0v) is 17.1. The number of carbonyl (C=O) groups excluding carboxylic acids is 2. The second kappa shape index (κ2) is 7.74. The Labute approximate surface area is 171 Å². The molecule has 2 aliphatic rings. The molecule has 1 saturated heterocycles. The summed E-state index contributed by atoms with van der Waals surface area (Å²) >= 11 is 0. The van der Waals surface area contributed by atoms with Gasteiger partial charge in [0.1, 0.15) is 11.4 Å². The lowest BCUT2D eigenvalue weighted by Gasteiger charge is -2.21. The summed E-state index contributed by atoms with van der Waals surface area (Å²) in [5.74, 6) is 0.257. The van der Waals surface area contributed by atoms with Crippen molar-refractivity contribution in [2.75, 3.05) is 18.0 Å². The maximum absolute atomic E-state index is 13.5. The van der Waals surface area contributed by atoms with E-state index in [1.807, 2.05) is 69.3 Å². The van der Waals surface area contributed by atoms with E-state index in [2.05, 4.69) is 4.90 Å². The number of anilines is 1. The summed E-state index contributed by atoms with van der Waals surface area (Å²) in [7, 11) is 0. The first-order chi connectivity index (χ1) is 14.0. The molecule has 150 valence electrons. The van der Waals surface area contributed by atoms with E-state index in [0.29, 0.717) is 17.0 Å². The average molecular weight is 390 g/mol. The molecule has 5 nitrogen and oxygen atoms in total. The van der Waals surface area contributed by atoms with E-state index in [1.54, 1.807) is 0 Å². The molecule has 29 heavy (non-hydrogen) atoms. The Morgan fingerprint density at radius 1 is 0.897 bits per heavy atom. The predicted octanol–water partition coefficient (Wildman–Crippen LogP) is 4.16. The molecule has 2 heterocycles. The zero-order valence-electron chi connectivity index (χ0n) is 17.1. The number of hydrogen-bond donors (Lipinski definition) is 0. The van der Waals surface area contributed by atoms with E-state index in [9.17, 15) is 9.59 Å². The van der Waals surface area contributed by atoms with Gasteiger partial charge in [0.05, 0.1) is 17.4 Å². The molecule has 0 unspecified atom stereocenters. The highest BCUT2D eigenvalue weighted by molar-refractivity contribution is 6.45. The van der Waals surface area contributed by atoms with E-state index in [0.717, 1.165) is 42.8 Å². The summed E-state index contributed by atoms with van der Waals surface area (Å²) in [6, 6.07) is 15.0. The van der Waals surface area contributed by atoms with Crippen molar-refractivity contribution in [1.82, 2.24) is 4.90 Å². The number of rotatable bonds is 5. The van der Waals surface area contributed by atoms with Crippen LogP contribution in [0.25, 0.3) is 5.57 Å². The third-order valence-corrected chi connectivity index (χ3v) is 5.35. The number of hydrogen-bond acceptors (Lipinski definition) is 4. The minimum atomic E-state index is -0.260. The number of ether oxygens (including phenoxy) is 1. The number of amides is 2. The number of carbonyl (C=O) groups is 2. The molecule has 1 fully saturated rings. The quantitative estimate of drug-likeness (QED) is 0.720. The Bertz CT molecular complexity index is 970. The minimum Gasteiger partial charge on any atom is -0.491 e. The van der Waals surface area contributed by atoms with Crippen LogP contribution in [0.15, 0.2) is 54.2 Å². The van der Waals surface area contributed by atoms with Gasteiger partial charge in [-0.15, -0.1) is 0 Å². The van der Waals surface area contributed by atoms with Crippen molar-refractivity contribution in [3.05, 3.63) is 65.4 Å². The first kappa shape index (κ1) is 19.2. The summed E-state index contributed by atoms with van der Waals surface area (Å²) in [6.07, 6.45) is 2.14. The van der Waals surface area contributed by atoms with Crippen LogP contribution in [-0.4, -0.2) is 35.9 Å². The molecule has 0 spiro atoms. The number of benzene rings is 2. The van der Waals surface area contributed by atoms with Crippen molar-refractivity contribution in [2.45, 2.75) is 39.7 Å². The molecule has 0 saturated carbocycles. The molecule has 0 aromatic heterocycles. The van der Waals surface area contributed by atoms with Crippen LogP contribution in [-0.2, 0) is 9.59 Å². The molecule has 2 aromatic carbocycles. The van der Waals surface area contributed by atoms with Crippen molar-refractivity contribution in [1.29, 1.82) is 0 Å². The Balaban J connectivity index is 1.78. The highest BCUT2D eigenvalue weighted by Gasteiger charge is 2.43. The highest BCUT2D eigenvalue weighted by Crippen LogP contribution is 2.37. The van der Waals surface area contributed by atoms with Crippen LogP contribution < -0.4 is 9.64 Å². The normalized spacial score (nSPS) is 17.1. The molecule has 2 amide bonds. The molecular formula is C24H26N2O3. The largest absolute Gasteiger partial charge is 0.491 e. The van der Waals surface area contributed by atoms with Gasteiger partial charge < -0.3 is 9.64 Å². The summed E-state index contributed by atoms with van der Waals surface area (Å²) < 4.78 is 5.72. The van der Waals surface area contributed by atoms with Crippen LogP contribution in [0.2, 0.25) is 0 Å². The van der Waals surface area contributed by atoms with Gasteiger partial charge in [-0.05, 0) is 62.9 Å². The number of para-hydroxylation sites is 1. The van der Waals surface area contributed by atoms with Gasteiger partial charge in [-0.25, -0.2) is 4.90 Å². The standard InChI is InChI=1S/C24H26N2O3/c1-16(2)29-19-12-10-18(11-13-19)21-22(25-14-6-7-15-25)24(28)26(23(21)27)20-9-5-4-8-17(20)3/h4-5,8-13,16H,6-7,14-15H2,1-3H3. The summed E-state index contributed by atoms with van der Waals surface area (Å²) in [5, 5.41) is 0. The van der Waals surface area contributed by atoms with Gasteiger partial charge in [0.2, 0.25) is 0 Å². The minimum absolute atomic E-state index is 0.0754. The SMILES string of the molecule is Cc1ccccc1N1C(=O)C(c2ccc(OC(C)C)cc2)=C(N2CCCC2)C1=O. The Morgan fingerprint density at radius 2 is 1.55 bits per heavy atom. The topological polar surface area (TPSA) is 49.9 Å². The number of nitrogens with zero attached hydrogens (tertiary/aromatic N) is 2. The van der Waals surface area contributed by atoms with Gasteiger partial charge >= 0.3 is 0 Å². The maximum atomic E-state index is 13.5. The van der Waals surface area contributed by atoms with Gasteiger partial charge in [0, 0.05) is 13.1 Å². The lowest BCUT2D eigenvalue weighted by atomic mass is 10.0. The molecule has 0 aliphatic carbocycles. The molecule has 0 radical (unpaired) electrons. The summed E-state index contributed by atoms with van der Waals surface area (Å²) in [5.41, 5.74) is 3.30. The average Bonchev–Trinajstić information content (AvgIpc) is 3.29. The first-order valence-corrected chi connectivity index (χ1v) is 10.2. The molecule has 2 aliphatic heterocycles. The third-order valence-electron chi connectivity index (χ3n) is 5.35. The lowest BCUT2D eigenvalue weighted by Crippen LogP contribution is -2.34. The van der Waals surface area contributed by atoms with E-state index < -0.39 is 0 Å². The van der Waals surface area contributed by atoms with Crippen LogP contribution in [0.1, 0.15) is 37.8 Å². The molecule has 5 heteroatoms. The Hall–Kier alpha value is -3.08. The molecule has 0 bridgehead atoms. The van der Waals surface area contributed by atoms with Crippen molar-refractivity contribution in [3.63, 3.8) is 0 Å². The van der Waals surface area contributed by atoms with Gasteiger partial charge in [-0.3, -0.25) is 9.59 Å². The lowest BCUT2D eigenvalue weighted by molar-refractivity contribution is -0.120. The van der Waals surface area contributed by atoms with Crippen LogP contribution >= 0.6 is 0 Å². The monoisotopic (exact) mass is 390 g/mol. The van der Waals surface area contributed by atoms with E-state index in [-0.39, 0.29) is 17.9 Å². The molecule has 4 rings (SSSR count). The van der Waals surface area contributed by atoms with E-state index in [1.165, 1.54) is 4.90 Å². The van der Waals surface area contributed by atoms with Crippen LogP contribution in [0, 0.1) is 6.92 Å². The molecule has 2 aromatic rings. The highest BCUT2D eigenvalue weighted by atomic mass is 16.5. The smallest absolute Gasteiger partial charge is 0.282 e.